The van der Waals surface area contributed by atoms with Crippen LogP contribution in [0.25, 0.3) is 6.08 Å². The predicted molar refractivity (Wildman–Crippen MR) is 159 cm³/mol. The maximum Gasteiger partial charge on any atom is 0.270 e. The van der Waals surface area contributed by atoms with Crippen LogP contribution < -0.4 is 10.9 Å². The minimum atomic E-state index is -0.318. The van der Waals surface area contributed by atoms with Gasteiger partial charge in [0, 0.05) is 25.2 Å². The minimum absolute atomic E-state index is 0.0946. The number of amides is 1. The van der Waals surface area contributed by atoms with Crippen molar-refractivity contribution in [2.24, 2.45) is 0 Å². The van der Waals surface area contributed by atoms with Crippen LogP contribution in [0.4, 0.5) is 5.82 Å². The fourth-order valence-corrected chi connectivity index (χ4v) is 5.66. The molecule has 0 bridgehead atoms. The quantitative estimate of drug-likeness (QED) is 0.254. The molecule has 1 aliphatic rings. The molecule has 1 N–H and O–H groups in total. The van der Waals surface area contributed by atoms with Gasteiger partial charge in [0.1, 0.15) is 21.8 Å². The van der Waals surface area contributed by atoms with E-state index in [2.05, 4.69) is 18.3 Å². The number of nitrogens with one attached hydrogen (secondary N) is 1. The van der Waals surface area contributed by atoms with Crippen LogP contribution in [-0.4, -0.2) is 26.2 Å². The van der Waals surface area contributed by atoms with Crippen molar-refractivity contribution in [3.8, 4) is 6.07 Å². The highest BCUT2D eigenvalue weighted by Crippen LogP contribution is 2.35. The van der Waals surface area contributed by atoms with Gasteiger partial charge in [-0.3, -0.25) is 19.1 Å². The van der Waals surface area contributed by atoms with Crippen molar-refractivity contribution >= 4 is 46.1 Å². The van der Waals surface area contributed by atoms with Gasteiger partial charge < -0.3 is 5.32 Å². The second kappa shape index (κ2) is 12.7. The first kappa shape index (κ1) is 27.4. The first-order chi connectivity index (χ1) is 18.4. The SMILES string of the molecule is CCCCn1c(NCc2ccccc2)c(/C=C2/SC(=S)N(CCc3ccccc3)C2=O)c(C)c(C#N)c1=O. The number of nitrogens with zero attached hydrogens (tertiary/aromatic N) is 3. The molecule has 0 saturated carbocycles. The Morgan fingerprint density at radius 2 is 1.68 bits per heavy atom. The minimum Gasteiger partial charge on any atom is -0.367 e. The monoisotopic (exact) mass is 542 g/mol. The number of hydrogen-bond acceptors (Lipinski definition) is 6. The van der Waals surface area contributed by atoms with Gasteiger partial charge in [0.2, 0.25) is 0 Å². The Bertz CT molecular complexity index is 1460. The van der Waals surface area contributed by atoms with Crippen molar-refractivity contribution in [2.45, 2.75) is 46.2 Å². The predicted octanol–water partition coefficient (Wildman–Crippen LogP) is 5.88. The van der Waals surface area contributed by atoms with Crippen molar-refractivity contribution in [2.75, 3.05) is 11.9 Å². The average molecular weight is 543 g/mol. The Balaban J connectivity index is 1.73. The summed E-state index contributed by atoms with van der Waals surface area (Å²) in [4.78, 5) is 28.8. The summed E-state index contributed by atoms with van der Waals surface area (Å²) in [5.74, 6) is 0.451. The Hall–Kier alpha value is -3.67. The highest BCUT2D eigenvalue weighted by atomic mass is 32.2. The van der Waals surface area contributed by atoms with Crippen molar-refractivity contribution in [3.63, 3.8) is 0 Å². The van der Waals surface area contributed by atoms with Crippen LogP contribution in [0, 0.1) is 18.3 Å². The molecule has 3 aromatic rings. The number of anilines is 1. The fraction of sp³-hybridized carbons (Fsp3) is 0.267. The fourth-order valence-electron chi connectivity index (χ4n) is 4.37. The third-order valence-electron chi connectivity index (χ3n) is 6.53. The molecule has 8 heteroatoms. The van der Waals surface area contributed by atoms with E-state index in [1.54, 1.807) is 22.5 Å². The van der Waals surface area contributed by atoms with E-state index in [9.17, 15) is 14.9 Å². The Morgan fingerprint density at radius 3 is 2.32 bits per heavy atom. The van der Waals surface area contributed by atoms with Gasteiger partial charge in [0.25, 0.3) is 11.5 Å². The molecular weight excluding hydrogens is 512 g/mol. The smallest absolute Gasteiger partial charge is 0.270 e. The van der Waals surface area contributed by atoms with Gasteiger partial charge in [0.15, 0.2) is 0 Å². The zero-order valence-electron chi connectivity index (χ0n) is 21.6. The molecule has 2 aromatic carbocycles. The number of rotatable bonds is 10. The second-order valence-corrected chi connectivity index (χ2v) is 10.8. The third kappa shape index (κ3) is 6.07. The number of unbranched alkanes of at least 4 members (excludes halogenated alkanes) is 1. The molecule has 2 heterocycles. The van der Waals surface area contributed by atoms with Crippen molar-refractivity contribution in [1.82, 2.24) is 9.47 Å². The van der Waals surface area contributed by atoms with Crippen LogP contribution in [-0.2, 0) is 24.3 Å². The summed E-state index contributed by atoms with van der Waals surface area (Å²) in [6, 6.07) is 22.0. The van der Waals surface area contributed by atoms with Crippen molar-refractivity contribution in [1.29, 1.82) is 5.26 Å². The molecule has 0 spiro atoms. The number of carbonyl (C=O) groups is 1. The Morgan fingerprint density at radius 1 is 1.03 bits per heavy atom. The number of benzene rings is 2. The van der Waals surface area contributed by atoms with E-state index in [0.717, 1.165) is 24.0 Å². The Labute approximate surface area is 233 Å². The van der Waals surface area contributed by atoms with Crippen molar-refractivity contribution < 1.29 is 4.79 Å². The van der Waals surface area contributed by atoms with Gasteiger partial charge in [-0.25, -0.2) is 0 Å². The summed E-state index contributed by atoms with van der Waals surface area (Å²) in [6.07, 6.45) is 4.17. The summed E-state index contributed by atoms with van der Waals surface area (Å²) < 4.78 is 2.15. The lowest BCUT2D eigenvalue weighted by molar-refractivity contribution is -0.122. The first-order valence-corrected chi connectivity index (χ1v) is 13.9. The number of nitriles is 1. The first-order valence-electron chi connectivity index (χ1n) is 12.7. The van der Waals surface area contributed by atoms with E-state index in [1.807, 2.05) is 60.7 Å². The molecule has 0 aliphatic carbocycles. The second-order valence-electron chi connectivity index (χ2n) is 9.09. The van der Waals surface area contributed by atoms with E-state index < -0.39 is 0 Å². The van der Waals surface area contributed by atoms with E-state index >= 15 is 0 Å². The van der Waals surface area contributed by atoms with Gasteiger partial charge >= 0.3 is 0 Å². The normalized spacial score (nSPS) is 14.2. The van der Waals surface area contributed by atoms with Gasteiger partial charge in [-0.15, -0.1) is 0 Å². The summed E-state index contributed by atoms with van der Waals surface area (Å²) in [5.41, 5.74) is 3.18. The van der Waals surface area contributed by atoms with E-state index in [-0.39, 0.29) is 17.0 Å². The van der Waals surface area contributed by atoms with Gasteiger partial charge in [-0.1, -0.05) is 98.0 Å². The maximum atomic E-state index is 13.4. The van der Waals surface area contributed by atoms with Gasteiger partial charge in [-0.2, -0.15) is 5.26 Å². The summed E-state index contributed by atoms with van der Waals surface area (Å²) in [7, 11) is 0. The number of hydrogen-bond donors (Lipinski definition) is 1. The lowest BCUT2D eigenvalue weighted by atomic mass is 10.0. The zero-order valence-corrected chi connectivity index (χ0v) is 23.2. The zero-order chi connectivity index (χ0) is 27.1. The molecule has 38 heavy (non-hydrogen) atoms. The topological polar surface area (TPSA) is 78.1 Å². The highest BCUT2D eigenvalue weighted by molar-refractivity contribution is 8.26. The summed E-state index contributed by atoms with van der Waals surface area (Å²) in [5, 5.41) is 13.3. The molecule has 1 amide bonds. The van der Waals surface area contributed by atoms with Crippen LogP contribution in [0.2, 0.25) is 0 Å². The van der Waals surface area contributed by atoms with Gasteiger partial charge in [-0.05, 0) is 42.5 Å². The molecule has 1 aliphatic heterocycles. The van der Waals surface area contributed by atoms with Crippen LogP contribution in [0.5, 0.6) is 0 Å². The standard InChI is InChI=1S/C30H30N4O2S2/c1-3-4-16-33-27(32-20-23-13-9-6-10-14-23)24(21(2)25(19-31)28(33)35)18-26-29(36)34(30(37)38-26)17-15-22-11-7-5-8-12-22/h5-14,18,32H,3-4,15-17,20H2,1-2H3/b26-18+. The summed E-state index contributed by atoms with van der Waals surface area (Å²) in [6.45, 7) is 5.28. The molecule has 194 valence electrons. The Kier molecular flexibility index (Phi) is 9.16. The van der Waals surface area contributed by atoms with Crippen LogP contribution in [0.1, 0.15) is 47.6 Å². The molecular formula is C30H30N4O2S2. The van der Waals surface area contributed by atoms with Crippen LogP contribution in [0.15, 0.2) is 70.4 Å². The molecule has 0 radical (unpaired) electrons. The number of pyridine rings is 1. The highest BCUT2D eigenvalue weighted by Gasteiger charge is 2.32. The lowest BCUT2D eigenvalue weighted by Crippen LogP contribution is -2.30. The van der Waals surface area contributed by atoms with E-state index in [4.69, 9.17) is 12.2 Å². The van der Waals surface area contributed by atoms with Crippen LogP contribution in [0.3, 0.4) is 0 Å². The number of aromatic nitrogens is 1. The number of carbonyl (C=O) groups excluding carboxylic acids is 1. The average Bonchev–Trinajstić information content (AvgIpc) is 3.20. The molecule has 6 nitrogen and oxygen atoms in total. The summed E-state index contributed by atoms with van der Waals surface area (Å²) >= 11 is 6.82. The molecule has 1 aromatic heterocycles. The lowest BCUT2D eigenvalue weighted by Gasteiger charge is -2.20. The molecule has 0 unspecified atom stereocenters. The maximum absolute atomic E-state index is 13.4. The molecule has 1 fully saturated rings. The van der Waals surface area contributed by atoms with E-state index in [0.29, 0.717) is 52.2 Å². The molecule has 1 saturated heterocycles. The molecule has 4 rings (SSSR count). The third-order valence-corrected chi connectivity index (χ3v) is 7.91. The molecule has 0 atom stereocenters. The number of thiocarbonyl (C=S) groups is 1. The van der Waals surface area contributed by atoms with Gasteiger partial charge in [0.05, 0.1) is 4.91 Å². The number of thioether (sulfide) groups is 1. The van der Waals surface area contributed by atoms with Crippen molar-refractivity contribution in [3.05, 3.63) is 104 Å². The largest absolute Gasteiger partial charge is 0.367 e. The van der Waals surface area contributed by atoms with E-state index in [1.165, 1.54) is 11.8 Å². The van der Waals surface area contributed by atoms with Crippen LogP contribution >= 0.6 is 24.0 Å².